The van der Waals surface area contributed by atoms with Crippen LogP contribution in [0.15, 0.2) is 0 Å². The van der Waals surface area contributed by atoms with Gasteiger partial charge in [-0.1, -0.05) is 0 Å². The van der Waals surface area contributed by atoms with E-state index in [1.165, 1.54) is 6.92 Å². The number of Topliss-reactive ketones (excluding diaryl/α,β-unsaturated/α-hetero) is 1. The summed E-state index contributed by atoms with van der Waals surface area (Å²) >= 11 is 3.75. The minimum absolute atomic E-state index is 0.0303. The maximum atomic E-state index is 12.1. The second kappa shape index (κ2) is 10.6. The van der Waals surface area contributed by atoms with Crippen molar-refractivity contribution in [3.63, 3.8) is 0 Å². The number of hydrogen-bond donors (Lipinski definition) is 5. The fourth-order valence-electron chi connectivity index (χ4n) is 1.68. The summed E-state index contributed by atoms with van der Waals surface area (Å²) in [5.41, 5.74) is 5.16. The zero-order valence-electron chi connectivity index (χ0n) is 12.7. The number of nitrogens with two attached hydrogens (primary N) is 1. The fourth-order valence-corrected chi connectivity index (χ4v) is 1.77. The third-order valence-electron chi connectivity index (χ3n) is 2.89. The molecular weight excluding hydrogens is 326 g/mol. The Hall–Kier alpha value is -2.10. The quantitative estimate of drug-likeness (QED) is 0.290. The number of carboxylic acid groups (broad SMARTS) is 1. The number of rotatable bonds is 11. The largest absolute Gasteiger partial charge is 0.481 e. The molecule has 0 aromatic carbocycles. The van der Waals surface area contributed by atoms with E-state index < -0.39 is 35.8 Å². The lowest BCUT2D eigenvalue weighted by Crippen LogP contribution is -2.53. The lowest BCUT2D eigenvalue weighted by Gasteiger charge is -2.21. The van der Waals surface area contributed by atoms with Gasteiger partial charge in [-0.2, -0.15) is 12.6 Å². The van der Waals surface area contributed by atoms with Crippen LogP contribution in [-0.2, 0) is 24.0 Å². The smallest absolute Gasteiger partial charge is 0.303 e. The van der Waals surface area contributed by atoms with Crippen molar-refractivity contribution in [1.29, 1.82) is 0 Å². The van der Waals surface area contributed by atoms with Crippen molar-refractivity contribution >= 4 is 42.1 Å². The molecule has 0 aliphatic carbocycles. The standard InChI is InChI=1S/C13H21N3O6S/c1-7(17)2-3-8(12(14)21)16-13(22)9(4-5-11(19)20)15-10(18)6-23/h8-9,23H,2-6H2,1H3,(H2,14,21)(H,15,18)(H,16,22)(H,19,20)/t8-,9-/m0/s1. The van der Waals surface area contributed by atoms with Crippen LogP contribution in [-0.4, -0.2) is 52.4 Å². The average Bonchev–Trinajstić information content (AvgIpc) is 2.46. The Balaban J connectivity index is 4.86. The van der Waals surface area contributed by atoms with Gasteiger partial charge in [-0.05, 0) is 19.8 Å². The number of primary amides is 1. The number of ketones is 1. The van der Waals surface area contributed by atoms with Gasteiger partial charge >= 0.3 is 5.97 Å². The lowest BCUT2D eigenvalue weighted by molar-refractivity contribution is -0.138. The first kappa shape index (κ1) is 20.9. The molecule has 9 nitrogen and oxygen atoms in total. The van der Waals surface area contributed by atoms with Crippen LogP contribution in [0.4, 0.5) is 0 Å². The van der Waals surface area contributed by atoms with Crippen molar-refractivity contribution in [3.05, 3.63) is 0 Å². The van der Waals surface area contributed by atoms with Crippen molar-refractivity contribution < 1.29 is 29.1 Å². The molecule has 0 bridgehead atoms. The van der Waals surface area contributed by atoms with Gasteiger partial charge in [-0.3, -0.25) is 19.2 Å². The topological polar surface area (TPSA) is 156 Å². The number of thiol groups is 1. The molecule has 0 aliphatic rings. The SMILES string of the molecule is CC(=O)CC[C@H](NC(=O)[C@H](CCC(=O)O)NC(=O)CS)C(N)=O. The normalized spacial score (nSPS) is 12.8. The van der Waals surface area contributed by atoms with E-state index in [0.29, 0.717) is 0 Å². The second-order valence-corrected chi connectivity index (χ2v) is 5.23. The third-order valence-corrected chi connectivity index (χ3v) is 3.17. The molecule has 0 aromatic rings. The Morgan fingerprint density at radius 2 is 1.61 bits per heavy atom. The maximum Gasteiger partial charge on any atom is 0.303 e. The summed E-state index contributed by atoms with van der Waals surface area (Å²) in [6.07, 6.45) is -0.419. The number of carbonyl (C=O) groups excluding carboxylic acids is 4. The van der Waals surface area contributed by atoms with Crippen LogP contribution in [0, 0.1) is 0 Å². The highest BCUT2D eigenvalue weighted by Gasteiger charge is 2.26. The first-order valence-corrected chi connectivity index (χ1v) is 7.51. The van der Waals surface area contributed by atoms with E-state index in [2.05, 4.69) is 23.3 Å². The molecule has 0 aromatic heterocycles. The molecule has 3 amide bonds. The van der Waals surface area contributed by atoms with Gasteiger partial charge in [0.1, 0.15) is 17.9 Å². The van der Waals surface area contributed by atoms with E-state index in [1.807, 2.05) is 0 Å². The highest BCUT2D eigenvalue weighted by molar-refractivity contribution is 7.81. The van der Waals surface area contributed by atoms with Crippen molar-refractivity contribution in [2.75, 3.05) is 5.75 Å². The zero-order chi connectivity index (χ0) is 18.0. The van der Waals surface area contributed by atoms with E-state index in [1.54, 1.807) is 0 Å². The summed E-state index contributed by atoms with van der Waals surface area (Å²) in [6, 6.07) is -2.21. The molecule has 0 spiro atoms. The predicted molar refractivity (Wildman–Crippen MR) is 83.7 cm³/mol. The number of nitrogens with one attached hydrogen (secondary N) is 2. The van der Waals surface area contributed by atoms with E-state index in [4.69, 9.17) is 10.8 Å². The molecule has 0 radical (unpaired) electrons. The van der Waals surface area contributed by atoms with Crippen LogP contribution in [0.3, 0.4) is 0 Å². The molecule has 130 valence electrons. The molecule has 0 unspecified atom stereocenters. The number of hydrogen-bond acceptors (Lipinski definition) is 6. The Labute approximate surface area is 138 Å². The summed E-state index contributed by atoms with van der Waals surface area (Å²) in [5, 5.41) is 13.3. The molecule has 0 saturated carbocycles. The molecule has 0 rings (SSSR count). The first-order chi connectivity index (χ1) is 10.7. The molecular formula is C13H21N3O6S. The zero-order valence-corrected chi connectivity index (χ0v) is 13.6. The van der Waals surface area contributed by atoms with E-state index in [9.17, 15) is 24.0 Å². The van der Waals surface area contributed by atoms with Crippen LogP contribution in [0.1, 0.15) is 32.6 Å². The van der Waals surface area contributed by atoms with Gasteiger partial charge in [0.15, 0.2) is 0 Å². The van der Waals surface area contributed by atoms with Crippen LogP contribution in [0.5, 0.6) is 0 Å². The van der Waals surface area contributed by atoms with Crippen LogP contribution >= 0.6 is 12.6 Å². The van der Waals surface area contributed by atoms with Gasteiger partial charge in [0, 0.05) is 12.8 Å². The van der Waals surface area contributed by atoms with Crippen LogP contribution in [0.2, 0.25) is 0 Å². The Morgan fingerprint density at radius 1 is 1.04 bits per heavy atom. The number of aliphatic carboxylic acids is 1. The van der Waals surface area contributed by atoms with Crippen molar-refractivity contribution in [1.82, 2.24) is 10.6 Å². The van der Waals surface area contributed by atoms with Gasteiger partial charge in [0.05, 0.1) is 5.75 Å². The first-order valence-electron chi connectivity index (χ1n) is 6.88. The summed E-state index contributed by atoms with van der Waals surface area (Å²) in [7, 11) is 0. The van der Waals surface area contributed by atoms with Gasteiger partial charge in [-0.25, -0.2) is 0 Å². The second-order valence-electron chi connectivity index (χ2n) is 4.91. The molecule has 0 saturated heterocycles. The number of carbonyl (C=O) groups is 5. The van der Waals surface area contributed by atoms with Crippen molar-refractivity contribution in [2.24, 2.45) is 5.73 Å². The lowest BCUT2D eigenvalue weighted by atomic mass is 10.1. The highest BCUT2D eigenvalue weighted by atomic mass is 32.1. The van der Waals surface area contributed by atoms with E-state index in [-0.39, 0.29) is 37.2 Å². The molecule has 23 heavy (non-hydrogen) atoms. The summed E-state index contributed by atoms with van der Waals surface area (Å²) in [5.74, 6) is -3.60. The Bertz CT molecular complexity index is 482. The van der Waals surface area contributed by atoms with Crippen molar-refractivity contribution in [3.8, 4) is 0 Å². The van der Waals surface area contributed by atoms with Crippen LogP contribution < -0.4 is 16.4 Å². The van der Waals surface area contributed by atoms with Gasteiger partial charge in [0.2, 0.25) is 17.7 Å². The highest BCUT2D eigenvalue weighted by Crippen LogP contribution is 2.03. The van der Waals surface area contributed by atoms with Crippen LogP contribution in [0.25, 0.3) is 0 Å². The minimum Gasteiger partial charge on any atom is -0.481 e. The third kappa shape index (κ3) is 9.51. The number of carboxylic acids is 1. The predicted octanol–water partition coefficient (Wildman–Crippen LogP) is -1.39. The maximum absolute atomic E-state index is 12.1. The molecule has 2 atom stereocenters. The fraction of sp³-hybridized carbons (Fsp3) is 0.615. The molecule has 10 heteroatoms. The van der Waals surface area contributed by atoms with E-state index >= 15 is 0 Å². The number of amides is 3. The molecule has 0 heterocycles. The Kier molecular flexibility index (Phi) is 9.63. The molecule has 5 N–H and O–H groups in total. The molecule has 0 fully saturated rings. The summed E-state index contributed by atoms with van der Waals surface area (Å²) < 4.78 is 0. The summed E-state index contributed by atoms with van der Waals surface area (Å²) in [4.78, 5) is 56.4. The monoisotopic (exact) mass is 347 g/mol. The average molecular weight is 347 g/mol. The van der Waals surface area contributed by atoms with Gasteiger partial charge in [0.25, 0.3) is 0 Å². The van der Waals surface area contributed by atoms with E-state index in [0.717, 1.165) is 0 Å². The Morgan fingerprint density at radius 3 is 2.04 bits per heavy atom. The van der Waals surface area contributed by atoms with Gasteiger partial charge in [-0.15, -0.1) is 0 Å². The molecule has 0 aliphatic heterocycles. The summed E-state index contributed by atoms with van der Waals surface area (Å²) in [6.45, 7) is 1.34. The van der Waals surface area contributed by atoms with Crippen molar-refractivity contribution in [2.45, 2.75) is 44.7 Å². The minimum atomic E-state index is -1.13. The van der Waals surface area contributed by atoms with Gasteiger partial charge < -0.3 is 26.3 Å².